The Morgan fingerprint density at radius 1 is 0.963 bits per heavy atom. The second-order valence-electron chi connectivity index (χ2n) is 7.35. The van der Waals surface area contributed by atoms with E-state index in [2.05, 4.69) is 0 Å². The summed E-state index contributed by atoms with van der Waals surface area (Å²) in [7, 11) is 0. The molecular formula is C21H21ClN2O3. The van der Waals surface area contributed by atoms with Crippen molar-refractivity contribution in [1.29, 1.82) is 0 Å². The monoisotopic (exact) mass is 384 g/mol. The molecule has 0 unspecified atom stereocenters. The third-order valence-electron chi connectivity index (χ3n) is 5.17. The van der Waals surface area contributed by atoms with Crippen LogP contribution in [0.4, 0.5) is 5.69 Å². The highest BCUT2D eigenvalue weighted by molar-refractivity contribution is 6.30. The second kappa shape index (κ2) is 6.66. The van der Waals surface area contributed by atoms with E-state index in [4.69, 9.17) is 16.4 Å². The summed E-state index contributed by atoms with van der Waals surface area (Å²) in [5.74, 6) is -1.02. The van der Waals surface area contributed by atoms with Crippen LogP contribution in [0.15, 0.2) is 48.5 Å². The van der Waals surface area contributed by atoms with E-state index >= 15 is 0 Å². The van der Waals surface area contributed by atoms with Crippen LogP contribution in [-0.2, 0) is 14.4 Å². The van der Waals surface area contributed by atoms with Crippen LogP contribution in [-0.4, -0.2) is 28.9 Å². The van der Waals surface area contributed by atoms with Gasteiger partial charge in [-0.15, -0.1) is 0 Å². The lowest BCUT2D eigenvalue weighted by Crippen LogP contribution is -2.41. The molecule has 0 spiro atoms. The van der Waals surface area contributed by atoms with E-state index in [1.807, 2.05) is 57.2 Å². The molecular weight excluding hydrogens is 364 g/mol. The number of carbonyl (C=O) groups is 2. The number of anilines is 1. The molecule has 2 aliphatic heterocycles. The maximum Gasteiger partial charge on any atom is 0.262 e. The number of aryl methyl sites for hydroxylation is 1. The van der Waals surface area contributed by atoms with Gasteiger partial charge in [-0.25, -0.2) is 5.06 Å². The first kappa shape index (κ1) is 18.0. The molecule has 6 heteroatoms. The molecule has 140 valence electrons. The number of benzene rings is 2. The summed E-state index contributed by atoms with van der Waals surface area (Å²) < 4.78 is 0. The molecule has 0 aliphatic carbocycles. The standard InChI is InChI=1S/C21H21ClN2O3/c1-12(2)23-20(25)17-18(14-6-4-13(3)5-7-14)24(27-19(17)21(23)26)16-10-8-15(22)9-11-16/h4-12,17-19H,1-3H3/t17-,18+,19-/m1/s1. The molecule has 2 aromatic rings. The normalized spacial score (nSPS) is 24.9. The number of hydrogen-bond donors (Lipinski definition) is 0. The highest BCUT2D eigenvalue weighted by Gasteiger charge is 2.60. The van der Waals surface area contributed by atoms with Crippen molar-refractivity contribution >= 4 is 29.1 Å². The molecule has 0 radical (unpaired) electrons. The number of halogens is 1. The summed E-state index contributed by atoms with van der Waals surface area (Å²) in [6.45, 7) is 5.70. The number of imide groups is 1. The average Bonchev–Trinajstić information content (AvgIpc) is 3.13. The molecule has 2 amide bonds. The molecule has 2 saturated heterocycles. The Morgan fingerprint density at radius 2 is 1.59 bits per heavy atom. The molecule has 0 N–H and O–H groups in total. The molecule has 2 aliphatic rings. The number of hydroxylamine groups is 1. The first-order valence-electron chi connectivity index (χ1n) is 9.03. The molecule has 2 aromatic carbocycles. The summed E-state index contributed by atoms with van der Waals surface area (Å²) >= 11 is 6.01. The average molecular weight is 385 g/mol. The maximum absolute atomic E-state index is 13.1. The minimum absolute atomic E-state index is 0.179. The van der Waals surface area contributed by atoms with Crippen LogP contribution in [0, 0.1) is 12.8 Å². The topological polar surface area (TPSA) is 49.9 Å². The van der Waals surface area contributed by atoms with Gasteiger partial charge in [-0.2, -0.15) is 0 Å². The van der Waals surface area contributed by atoms with Gasteiger partial charge in [0.25, 0.3) is 5.91 Å². The summed E-state index contributed by atoms with van der Waals surface area (Å²) in [6, 6.07) is 14.6. The Hall–Kier alpha value is -2.37. The van der Waals surface area contributed by atoms with Crippen LogP contribution in [0.3, 0.4) is 0 Å². The van der Waals surface area contributed by atoms with Crippen molar-refractivity contribution in [2.45, 2.75) is 39.0 Å². The summed E-state index contributed by atoms with van der Waals surface area (Å²) in [6.07, 6.45) is -0.804. The zero-order valence-corrected chi connectivity index (χ0v) is 16.2. The van der Waals surface area contributed by atoms with Crippen molar-refractivity contribution in [2.24, 2.45) is 5.92 Å². The first-order valence-corrected chi connectivity index (χ1v) is 9.41. The highest BCUT2D eigenvalue weighted by Crippen LogP contribution is 2.47. The first-order chi connectivity index (χ1) is 12.9. The third-order valence-corrected chi connectivity index (χ3v) is 5.42. The molecule has 5 nitrogen and oxygen atoms in total. The molecule has 4 rings (SSSR count). The number of rotatable bonds is 3. The number of hydrogen-bond acceptors (Lipinski definition) is 4. The Bertz CT molecular complexity index is 879. The predicted molar refractivity (Wildman–Crippen MR) is 103 cm³/mol. The van der Waals surface area contributed by atoms with Crippen molar-refractivity contribution in [3.05, 3.63) is 64.7 Å². The lowest BCUT2D eigenvalue weighted by Gasteiger charge is -2.29. The Kier molecular flexibility index (Phi) is 4.44. The van der Waals surface area contributed by atoms with E-state index in [-0.39, 0.29) is 23.9 Å². The van der Waals surface area contributed by atoms with Gasteiger partial charge in [-0.1, -0.05) is 41.4 Å². The van der Waals surface area contributed by atoms with E-state index in [0.717, 1.165) is 16.8 Å². The maximum atomic E-state index is 13.1. The van der Waals surface area contributed by atoms with E-state index in [1.165, 1.54) is 4.90 Å². The Morgan fingerprint density at radius 3 is 2.19 bits per heavy atom. The van der Waals surface area contributed by atoms with E-state index in [9.17, 15) is 9.59 Å². The smallest absolute Gasteiger partial charge is 0.262 e. The fraction of sp³-hybridized carbons (Fsp3) is 0.333. The van der Waals surface area contributed by atoms with Gasteiger partial charge in [0.15, 0.2) is 6.10 Å². The molecule has 2 heterocycles. The van der Waals surface area contributed by atoms with Crippen molar-refractivity contribution in [2.75, 3.05) is 5.06 Å². The molecule has 0 saturated carbocycles. The Labute approximate surface area is 163 Å². The quantitative estimate of drug-likeness (QED) is 0.753. The second-order valence-corrected chi connectivity index (χ2v) is 7.79. The van der Waals surface area contributed by atoms with Crippen LogP contribution in [0.1, 0.15) is 31.0 Å². The van der Waals surface area contributed by atoms with Crippen LogP contribution >= 0.6 is 11.6 Å². The lowest BCUT2D eigenvalue weighted by atomic mass is 9.90. The SMILES string of the molecule is Cc1ccc([C@H]2[C@H]3C(=O)N(C(C)C)C(=O)[C@@H]3ON2c2ccc(Cl)cc2)cc1. The molecule has 3 atom stereocenters. The largest absolute Gasteiger partial charge is 0.277 e. The number of nitrogens with zero attached hydrogens (tertiary/aromatic N) is 2. The summed E-state index contributed by atoms with van der Waals surface area (Å²) in [5.41, 5.74) is 2.83. The van der Waals surface area contributed by atoms with Gasteiger partial charge >= 0.3 is 0 Å². The number of fused-ring (bicyclic) bond motifs is 1. The van der Waals surface area contributed by atoms with Gasteiger partial charge in [0.2, 0.25) is 5.91 Å². The highest BCUT2D eigenvalue weighted by atomic mass is 35.5. The Balaban J connectivity index is 1.79. The number of likely N-dealkylation sites (tertiary alicyclic amines) is 1. The van der Waals surface area contributed by atoms with Gasteiger partial charge < -0.3 is 0 Å². The van der Waals surface area contributed by atoms with E-state index in [1.54, 1.807) is 17.2 Å². The minimum atomic E-state index is -0.804. The van der Waals surface area contributed by atoms with Crippen LogP contribution in [0.5, 0.6) is 0 Å². The van der Waals surface area contributed by atoms with Crippen LogP contribution in [0.2, 0.25) is 5.02 Å². The zero-order valence-electron chi connectivity index (χ0n) is 15.4. The molecule has 2 fully saturated rings. The molecule has 0 aromatic heterocycles. The number of amides is 2. The molecule has 27 heavy (non-hydrogen) atoms. The fourth-order valence-electron chi connectivity index (χ4n) is 3.86. The van der Waals surface area contributed by atoms with Crippen LogP contribution < -0.4 is 5.06 Å². The van der Waals surface area contributed by atoms with Gasteiger partial charge in [-0.05, 0) is 50.6 Å². The van der Waals surface area contributed by atoms with Crippen LogP contribution in [0.25, 0.3) is 0 Å². The predicted octanol–water partition coefficient (Wildman–Crippen LogP) is 3.90. The van der Waals surface area contributed by atoms with Gasteiger partial charge in [0, 0.05) is 11.1 Å². The van der Waals surface area contributed by atoms with Crippen molar-refractivity contribution in [1.82, 2.24) is 4.90 Å². The van der Waals surface area contributed by atoms with Crippen molar-refractivity contribution in [3.63, 3.8) is 0 Å². The zero-order chi connectivity index (χ0) is 19.3. The van der Waals surface area contributed by atoms with E-state index in [0.29, 0.717) is 5.02 Å². The van der Waals surface area contributed by atoms with Crippen molar-refractivity contribution in [3.8, 4) is 0 Å². The van der Waals surface area contributed by atoms with Gasteiger partial charge in [0.05, 0.1) is 11.7 Å². The van der Waals surface area contributed by atoms with E-state index < -0.39 is 12.0 Å². The summed E-state index contributed by atoms with van der Waals surface area (Å²) in [4.78, 5) is 33.3. The lowest BCUT2D eigenvalue weighted by molar-refractivity contribution is -0.145. The fourth-order valence-corrected chi connectivity index (χ4v) is 3.99. The van der Waals surface area contributed by atoms with Crippen molar-refractivity contribution < 1.29 is 14.4 Å². The molecule has 0 bridgehead atoms. The van der Waals surface area contributed by atoms with Gasteiger partial charge in [-0.3, -0.25) is 19.3 Å². The van der Waals surface area contributed by atoms with Gasteiger partial charge in [0.1, 0.15) is 5.92 Å². The third kappa shape index (κ3) is 2.91. The minimum Gasteiger partial charge on any atom is -0.277 e. The number of carbonyl (C=O) groups excluding carboxylic acids is 2. The summed E-state index contributed by atoms with van der Waals surface area (Å²) in [5, 5.41) is 2.30.